The molecule has 1 aromatic rings. The molecule has 0 amide bonds. The SMILES string of the molecule is CC([O])c1c[nH]nn1. The Labute approximate surface area is 46.5 Å². The van der Waals surface area contributed by atoms with Crippen molar-refractivity contribution in [3.05, 3.63) is 11.9 Å². The number of H-pyrrole nitrogens is 1. The van der Waals surface area contributed by atoms with Crippen molar-refractivity contribution in [1.29, 1.82) is 0 Å². The molecule has 0 aliphatic rings. The first kappa shape index (κ1) is 5.24. The minimum absolute atomic E-state index is 0.463. The van der Waals surface area contributed by atoms with Gasteiger partial charge in [0.1, 0.15) is 11.8 Å². The van der Waals surface area contributed by atoms with E-state index in [1.54, 1.807) is 0 Å². The van der Waals surface area contributed by atoms with Crippen molar-refractivity contribution < 1.29 is 5.11 Å². The molecule has 0 saturated heterocycles. The van der Waals surface area contributed by atoms with Crippen LogP contribution in [0, 0.1) is 0 Å². The lowest BCUT2D eigenvalue weighted by molar-refractivity contribution is 0.102. The molecule has 1 N–H and O–H groups in total. The van der Waals surface area contributed by atoms with Crippen LogP contribution in [0.25, 0.3) is 0 Å². The fourth-order valence-corrected chi connectivity index (χ4v) is 0.409. The number of aromatic nitrogens is 3. The van der Waals surface area contributed by atoms with Gasteiger partial charge in [-0.05, 0) is 6.92 Å². The molecule has 0 fully saturated rings. The second kappa shape index (κ2) is 1.92. The van der Waals surface area contributed by atoms with Crippen LogP contribution in [0.15, 0.2) is 6.20 Å². The summed E-state index contributed by atoms with van der Waals surface area (Å²) in [6, 6.07) is 0. The minimum atomic E-state index is -0.770. The molecule has 0 spiro atoms. The fraction of sp³-hybridized carbons (Fsp3) is 0.500. The quantitative estimate of drug-likeness (QED) is 0.567. The first-order valence-corrected chi connectivity index (χ1v) is 2.33. The summed E-state index contributed by atoms with van der Waals surface area (Å²) in [4.78, 5) is 0. The van der Waals surface area contributed by atoms with E-state index >= 15 is 0 Å². The lowest BCUT2D eigenvalue weighted by atomic mass is 10.3. The van der Waals surface area contributed by atoms with Crippen molar-refractivity contribution in [2.45, 2.75) is 13.0 Å². The van der Waals surface area contributed by atoms with Crippen LogP contribution in [0.4, 0.5) is 0 Å². The lowest BCUT2D eigenvalue weighted by Gasteiger charge is -1.88. The number of rotatable bonds is 1. The van der Waals surface area contributed by atoms with E-state index in [2.05, 4.69) is 15.4 Å². The molecule has 0 aromatic carbocycles. The molecule has 1 atom stereocenters. The summed E-state index contributed by atoms with van der Waals surface area (Å²) < 4.78 is 0. The molecule has 0 aliphatic heterocycles. The molecule has 1 rings (SSSR count). The van der Waals surface area contributed by atoms with Gasteiger partial charge < -0.3 is 0 Å². The predicted molar refractivity (Wildman–Crippen MR) is 25.5 cm³/mol. The topological polar surface area (TPSA) is 61.5 Å². The summed E-state index contributed by atoms with van der Waals surface area (Å²) in [7, 11) is 0. The first-order chi connectivity index (χ1) is 3.80. The van der Waals surface area contributed by atoms with E-state index in [4.69, 9.17) is 0 Å². The van der Waals surface area contributed by atoms with E-state index < -0.39 is 6.10 Å². The van der Waals surface area contributed by atoms with Crippen molar-refractivity contribution in [2.75, 3.05) is 0 Å². The van der Waals surface area contributed by atoms with E-state index in [1.807, 2.05) is 0 Å². The maximum Gasteiger partial charge on any atom is 0.135 e. The Morgan fingerprint density at radius 1 is 1.88 bits per heavy atom. The smallest absolute Gasteiger partial charge is 0.135 e. The molecule has 0 saturated carbocycles. The summed E-state index contributed by atoms with van der Waals surface area (Å²) in [6.07, 6.45) is 0.728. The van der Waals surface area contributed by atoms with Crippen LogP contribution >= 0.6 is 0 Å². The minimum Gasteiger partial charge on any atom is -0.265 e. The van der Waals surface area contributed by atoms with E-state index in [0.717, 1.165) is 0 Å². The molecule has 43 valence electrons. The third-order valence-electron chi connectivity index (χ3n) is 0.852. The maximum absolute atomic E-state index is 10.5. The zero-order chi connectivity index (χ0) is 5.98. The fourth-order valence-electron chi connectivity index (χ4n) is 0.409. The van der Waals surface area contributed by atoms with Gasteiger partial charge in [-0.2, -0.15) is 0 Å². The largest absolute Gasteiger partial charge is 0.265 e. The summed E-state index contributed by atoms with van der Waals surface area (Å²) in [5, 5.41) is 19.8. The number of aromatic amines is 1. The molecule has 0 bridgehead atoms. The highest BCUT2D eigenvalue weighted by atomic mass is 16.3. The zero-order valence-corrected chi connectivity index (χ0v) is 4.46. The highest BCUT2D eigenvalue weighted by Gasteiger charge is 2.02. The molecule has 0 aliphatic carbocycles. The van der Waals surface area contributed by atoms with Gasteiger partial charge >= 0.3 is 0 Å². The standard InChI is InChI=1S/C4H6N3O/c1-3(8)4-2-5-7-6-4/h2-3H,1H3,(H,5,6,7). The third kappa shape index (κ3) is 0.840. The molecule has 8 heavy (non-hydrogen) atoms. The van der Waals surface area contributed by atoms with Crippen LogP contribution < -0.4 is 0 Å². The Morgan fingerprint density at radius 3 is 2.88 bits per heavy atom. The maximum atomic E-state index is 10.5. The van der Waals surface area contributed by atoms with Gasteiger partial charge in [0, 0.05) is 6.20 Å². The monoisotopic (exact) mass is 112 g/mol. The van der Waals surface area contributed by atoms with Crippen LogP contribution in [0.3, 0.4) is 0 Å². The number of nitrogens with zero attached hydrogens (tertiary/aromatic N) is 2. The highest BCUT2D eigenvalue weighted by molar-refractivity contribution is 4.92. The Kier molecular flexibility index (Phi) is 1.26. The molecular formula is C4H6N3O. The second-order valence-electron chi connectivity index (χ2n) is 1.54. The van der Waals surface area contributed by atoms with Crippen molar-refractivity contribution in [2.24, 2.45) is 0 Å². The van der Waals surface area contributed by atoms with Crippen LogP contribution in [-0.2, 0) is 5.11 Å². The third-order valence-corrected chi connectivity index (χ3v) is 0.852. The molecule has 1 unspecified atom stereocenters. The van der Waals surface area contributed by atoms with E-state index in [1.165, 1.54) is 13.1 Å². The van der Waals surface area contributed by atoms with Crippen LogP contribution in [0.5, 0.6) is 0 Å². The van der Waals surface area contributed by atoms with Gasteiger partial charge in [0.15, 0.2) is 0 Å². The average Bonchev–Trinajstić information content (AvgIpc) is 2.12. The van der Waals surface area contributed by atoms with Gasteiger partial charge in [0.25, 0.3) is 0 Å². The number of hydrogen-bond acceptors (Lipinski definition) is 2. The summed E-state index contributed by atoms with van der Waals surface area (Å²) in [5.41, 5.74) is 0.463. The van der Waals surface area contributed by atoms with Crippen LogP contribution in [0.1, 0.15) is 18.7 Å². The van der Waals surface area contributed by atoms with Gasteiger partial charge in [0.05, 0.1) is 0 Å². The lowest BCUT2D eigenvalue weighted by Crippen LogP contribution is -1.87. The van der Waals surface area contributed by atoms with Crippen LogP contribution in [-0.4, -0.2) is 15.4 Å². The van der Waals surface area contributed by atoms with Crippen molar-refractivity contribution in [3.8, 4) is 0 Å². The molecular weight excluding hydrogens is 106 g/mol. The van der Waals surface area contributed by atoms with Crippen molar-refractivity contribution >= 4 is 0 Å². The van der Waals surface area contributed by atoms with Gasteiger partial charge in [0.2, 0.25) is 0 Å². The van der Waals surface area contributed by atoms with E-state index in [-0.39, 0.29) is 0 Å². The number of nitrogens with one attached hydrogen (secondary N) is 1. The van der Waals surface area contributed by atoms with E-state index in [9.17, 15) is 5.11 Å². The summed E-state index contributed by atoms with van der Waals surface area (Å²) in [6.45, 7) is 1.53. The van der Waals surface area contributed by atoms with Crippen molar-refractivity contribution in [1.82, 2.24) is 15.4 Å². The Balaban J connectivity index is 2.77. The number of hydrogen-bond donors (Lipinski definition) is 1. The first-order valence-electron chi connectivity index (χ1n) is 2.33. The zero-order valence-electron chi connectivity index (χ0n) is 4.46. The average molecular weight is 112 g/mol. The van der Waals surface area contributed by atoms with Gasteiger partial charge in [-0.1, -0.05) is 5.21 Å². The normalized spacial score (nSPS) is 13.8. The second-order valence-corrected chi connectivity index (χ2v) is 1.54. The van der Waals surface area contributed by atoms with Crippen LogP contribution in [0.2, 0.25) is 0 Å². The highest BCUT2D eigenvalue weighted by Crippen LogP contribution is 2.04. The van der Waals surface area contributed by atoms with Gasteiger partial charge in [-0.3, -0.25) is 5.10 Å². The predicted octanol–water partition coefficient (Wildman–Crippen LogP) is 0.296. The molecule has 1 aromatic heterocycles. The van der Waals surface area contributed by atoms with E-state index in [0.29, 0.717) is 5.69 Å². The van der Waals surface area contributed by atoms with Crippen molar-refractivity contribution in [3.63, 3.8) is 0 Å². The Hall–Kier alpha value is -0.900. The summed E-state index contributed by atoms with van der Waals surface area (Å²) >= 11 is 0. The molecule has 4 heteroatoms. The molecule has 1 radical (unpaired) electrons. The Bertz CT molecular complexity index is 146. The summed E-state index contributed by atoms with van der Waals surface area (Å²) in [5.74, 6) is 0. The van der Waals surface area contributed by atoms with Gasteiger partial charge in [-0.25, -0.2) is 5.11 Å². The molecule has 1 heterocycles. The molecule has 4 nitrogen and oxygen atoms in total. The Morgan fingerprint density at radius 2 is 2.62 bits per heavy atom. The van der Waals surface area contributed by atoms with Gasteiger partial charge in [-0.15, -0.1) is 5.10 Å².